The first-order chi connectivity index (χ1) is 17.5. The Morgan fingerprint density at radius 1 is 0.973 bits per heavy atom. The predicted molar refractivity (Wildman–Crippen MR) is 143 cm³/mol. The first-order valence-electron chi connectivity index (χ1n) is 13.6. The minimum Gasteiger partial charge on any atom is -0.486 e. The quantitative estimate of drug-likeness (QED) is 0.663. The van der Waals surface area contributed by atoms with Crippen molar-refractivity contribution in [3.8, 4) is 5.75 Å². The lowest BCUT2D eigenvalue weighted by molar-refractivity contribution is -0.117. The summed E-state index contributed by atoms with van der Waals surface area (Å²) in [4.78, 5) is 33.2. The number of pyridine rings is 1. The minimum absolute atomic E-state index is 0.0188. The molecule has 0 atom stereocenters. The van der Waals surface area contributed by atoms with E-state index in [0.717, 1.165) is 64.2 Å². The summed E-state index contributed by atoms with van der Waals surface area (Å²) in [5.41, 5.74) is 9.19. The van der Waals surface area contributed by atoms with E-state index in [1.807, 2.05) is 4.90 Å². The molecule has 1 spiro atoms. The van der Waals surface area contributed by atoms with Gasteiger partial charge in [-0.05, 0) is 69.7 Å². The van der Waals surface area contributed by atoms with Gasteiger partial charge in [0.15, 0.2) is 0 Å². The Bertz CT molecular complexity index is 1190. The lowest BCUT2D eigenvalue weighted by Crippen LogP contribution is -2.48. The maximum Gasteiger partial charge on any atom is 0.254 e. The van der Waals surface area contributed by atoms with E-state index < -0.39 is 5.91 Å². The summed E-state index contributed by atoms with van der Waals surface area (Å²) in [7, 11) is 0. The molecule has 1 aromatic carbocycles. The minimum atomic E-state index is -0.453. The number of aromatic nitrogens is 1. The van der Waals surface area contributed by atoms with Crippen LogP contribution in [-0.2, 0) is 23.2 Å². The van der Waals surface area contributed by atoms with Crippen LogP contribution >= 0.6 is 0 Å². The SMILES string of the molecule is CC1(C)Oc2c(CN3CCC4(CC3)CCN(C(=O)c3ccncc3CC(N)=O)CC4)cccc2C1(C)C. The van der Waals surface area contributed by atoms with Crippen molar-refractivity contribution in [1.29, 1.82) is 0 Å². The van der Waals surface area contributed by atoms with Crippen LogP contribution in [0, 0.1) is 5.41 Å². The van der Waals surface area contributed by atoms with Crippen LogP contribution in [0.5, 0.6) is 5.75 Å². The molecule has 0 aliphatic carbocycles. The summed E-state index contributed by atoms with van der Waals surface area (Å²) < 4.78 is 6.50. The molecule has 0 unspecified atom stereocenters. The first-order valence-corrected chi connectivity index (χ1v) is 13.6. The number of likely N-dealkylation sites (tertiary alicyclic amines) is 2. The molecular weight excluding hydrogens is 464 g/mol. The number of nitrogens with two attached hydrogens (primary N) is 1. The highest BCUT2D eigenvalue weighted by molar-refractivity contribution is 5.96. The van der Waals surface area contributed by atoms with E-state index in [4.69, 9.17) is 10.5 Å². The summed E-state index contributed by atoms with van der Waals surface area (Å²) in [5.74, 6) is 0.608. The van der Waals surface area contributed by atoms with Crippen LogP contribution in [0.1, 0.15) is 80.4 Å². The van der Waals surface area contributed by atoms with Gasteiger partial charge in [0.25, 0.3) is 5.91 Å². The van der Waals surface area contributed by atoms with Gasteiger partial charge < -0.3 is 15.4 Å². The molecular formula is C30H40N4O3. The van der Waals surface area contributed by atoms with E-state index in [9.17, 15) is 9.59 Å². The monoisotopic (exact) mass is 504 g/mol. The Labute approximate surface area is 220 Å². The summed E-state index contributed by atoms with van der Waals surface area (Å²) in [6.07, 6.45) is 7.58. The molecule has 2 N–H and O–H groups in total. The standard InChI is InChI=1S/C30H40N4O3/c1-28(2)24-7-5-6-21(26(24)37-29(28,3)4)20-33-14-9-30(10-15-33)11-16-34(17-12-30)27(36)23-8-13-32-19-22(23)18-25(31)35/h5-8,13,19H,9-12,14-18,20H2,1-4H3,(H2,31,35). The Kier molecular flexibility index (Phi) is 6.55. The molecule has 2 amide bonds. The summed E-state index contributed by atoms with van der Waals surface area (Å²) in [6.45, 7) is 13.5. The molecule has 7 heteroatoms. The van der Waals surface area contributed by atoms with Gasteiger partial charge in [-0.3, -0.25) is 19.5 Å². The smallest absolute Gasteiger partial charge is 0.254 e. The van der Waals surface area contributed by atoms with Crippen LogP contribution in [0.15, 0.2) is 36.7 Å². The molecule has 2 aromatic rings. The van der Waals surface area contributed by atoms with Crippen molar-refractivity contribution in [2.45, 2.75) is 77.4 Å². The molecule has 0 saturated carbocycles. The molecule has 1 aromatic heterocycles. The number of amides is 2. The van der Waals surface area contributed by atoms with Gasteiger partial charge in [0, 0.05) is 54.1 Å². The fourth-order valence-corrected chi connectivity index (χ4v) is 6.27. The number of hydrogen-bond acceptors (Lipinski definition) is 5. The number of ether oxygens (including phenoxy) is 1. The van der Waals surface area contributed by atoms with Gasteiger partial charge in [0.05, 0.1) is 6.42 Å². The molecule has 5 rings (SSSR count). The molecule has 198 valence electrons. The molecule has 3 aliphatic heterocycles. The number of primary amides is 1. The second-order valence-electron chi connectivity index (χ2n) is 12.3. The number of hydrogen-bond donors (Lipinski definition) is 1. The van der Waals surface area contributed by atoms with Gasteiger partial charge in [-0.15, -0.1) is 0 Å². The number of carbonyl (C=O) groups excluding carboxylic acids is 2. The molecule has 7 nitrogen and oxygen atoms in total. The van der Waals surface area contributed by atoms with Crippen LogP contribution in [0.4, 0.5) is 0 Å². The highest BCUT2D eigenvalue weighted by Gasteiger charge is 2.48. The molecule has 2 fully saturated rings. The molecule has 4 heterocycles. The van der Waals surface area contributed by atoms with Gasteiger partial charge in [0.2, 0.25) is 5.91 Å². The van der Waals surface area contributed by atoms with Crippen LogP contribution in [-0.4, -0.2) is 58.4 Å². The summed E-state index contributed by atoms with van der Waals surface area (Å²) in [6, 6.07) is 8.32. The molecule has 0 radical (unpaired) electrons. The second-order valence-corrected chi connectivity index (χ2v) is 12.3. The third kappa shape index (κ3) is 4.74. The van der Waals surface area contributed by atoms with Crippen LogP contribution in [0.25, 0.3) is 0 Å². The number of benzene rings is 1. The van der Waals surface area contributed by atoms with Gasteiger partial charge in [-0.25, -0.2) is 0 Å². The average molecular weight is 505 g/mol. The number of para-hydroxylation sites is 1. The van der Waals surface area contributed by atoms with Gasteiger partial charge in [0.1, 0.15) is 11.4 Å². The molecule has 3 aliphatic rings. The third-order valence-electron chi connectivity index (χ3n) is 9.55. The Morgan fingerprint density at radius 3 is 2.32 bits per heavy atom. The predicted octanol–water partition coefficient (Wildman–Crippen LogP) is 4.08. The number of fused-ring (bicyclic) bond motifs is 1. The zero-order valence-corrected chi connectivity index (χ0v) is 22.7. The maximum atomic E-state index is 13.2. The van der Waals surface area contributed by atoms with E-state index in [2.05, 4.69) is 55.8 Å². The lowest BCUT2D eigenvalue weighted by atomic mass is 9.71. The van der Waals surface area contributed by atoms with Crippen molar-refractivity contribution < 1.29 is 14.3 Å². The Hall–Kier alpha value is -2.93. The largest absolute Gasteiger partial charge is 0.486 e. The third-order valence-corrected chi connectivity index (χ3v) is 9.55. The van der Waals surface area contributed by atoms with E-state index in [-0.39, 0.29) is 23.3 Å². The highest BCUT2D eigenvalue weighted by Crippen LogP contribution is 2.50. The maximum absolute atomic E-state index is 13.2. The van der Waals surface area contributed by atoms with Crippen molar-refractivity contribution in [2.24, 2.45) is 11.1 Å². The first kappa shape index (κ1) is 25.7. The van der Waals surface area contributed by atoms with E-state index in [1.165, 1.54) is 11.1 Å². The lowest BCUT2D eigenvalue weighted by Gasteiger charge is -2.47. The molecule has 37 heavy (non-hydrogen) atoms. The zero-order chi connectivity index (χ0) is 26.4. The van der Waals surface area contributed by atoms with Gasteiger partial charge >= 0.3 is 0 Å². The fourth-order valence-electron chi connectivity index (χ4n) is 6.27. The van der Waals surface area contributed by atoms with E-state index >= 15 is 0 Å². The normalized spacial score (nSPS) is 21.9. The van der Waals surface area contributed by atoms with Gasteiger partial charge in [-0.2, -0.15) is 0 Å². The Balaban J connectivity index is 1.19. The van der Waals surface area contributed by atoms with Crippen LogP contribution in [0.3, 0.4) is 0 Å². The number of nitrogens with zero attached hydrogens (tertiary/aromatic N) is 3. The number of rotatable bonds is 5. The van der Waals surface area contributed by atoms with Crippen LogP contribution in [0.2, 0.25) is 0 Å². The van der Waals surface area contributed by atoms with Crippen molar-refractivity contribution in [3.05, 3.63) is 58.9 Å². The fraction of sp³-hybridized carbons (Fsp3) is 0.567. The number of piperidine rings is 2. The zero-order valence-electron chi connectivity index (χ0n) is 22.7. The van der Waals surface area contributed by atoms with Crippen molar-refractivity contribution in [2.75, 3.05) is 26.2 Å². The number of carbonyl (C=O) groups is 2. The van der Waals surface area contributed by atoms with Crippen molar-refractivity contribution in [1.82, 2.24) is 14.8 Å². The summed E-state index contributed by atoms with van der Waals surface area (Å²) >= 11 is 0. The molecule has 2 saturated heterocycles. The van der Waals surface area contributed by atoms with Crippen LogP contribution < -0.4 is 10.5 Å². The van der Waals surface area contributed by atoms with Crippen molar-refractivity contribution in [3.63, 3.8) is 0 Å². The van der Waals surface area contributed by atoms with Crippen molar-refractivity contribution >= 4 is 11.8 Å². The average Bonchev–Trinajstić information content (AvgIpc) is 3.05. The van der Waals surface area contributed by atoms with E-state index in [1.54, 1.807) is 18.5 Å². The van der Waals surface area contributed by atoms with E-state index in [0.29, 0.717) is 16.5 Å². The van der Waals surface area contributed by atoms with Gasteiger partial charge in [-0.1, -0.05) is 32.0 Å². The highest BCUT2D eigenvalue weighted by atomic mass is 16.5. The summed E-state index contributed by atoms with van der Waals surface area (Å²) in [5, 5.41) is 0. The topological polar surface area (TPSA) is 88.8 Å². The molecule has 0 bridgehead atoms. The Morgan fingerprint density at radius 2 is 1.65 bits per heavy atom. The second kappa shape index (κ2) is 9.43.